The fourth-order valence-corrected chi connectivity index (χ4v) is 0.313. The van der Waals surface area contributed by atoms with E-state index in [1.807, 2.05) is 0 Å². The van der Waals surface area contributed by atoms with Crippen molar-refractivity contribution in [2.75, 3.05) is 6.61 Å². The van der Waals surface area contributed by atoms with Crippen LogP contribution in [-0.4, -0.2) is 23.9 Å². The maximum Gasteiger partial charge on any atom is 0.341 e. The van der Waals surface area contributed by atoms with Gasteiger partial charge >= 0.3 is 5.97 Å². The molecule has 0 aliphatic heterocycles. The molecule has 1 atom stereocenters. The normalized spacial score (nSPS) is 11.4. The number of aliphatic hydroxyl groups excluding tert-OH is 1. The van der Waals surface area contributed by atoms with Crippen molar-refractivity contribution in [3.63, 3.8) is 0 Å². The van der Waals surface area contributed by atoms with Crippen molar-refractivity contribution >= 4 is 5.97 Å². The number of azide groups is 1. The number of ether oxygens (including phenoxy) is 1. The molecule has 1 unspecified atom stereocenters. The molecule has 10 heavy (non-hydrogen) atoms. The number of carbonyl (C=O) groups excluding carboxylic acids is 1. The van der Waals surface area contributed by atoms with Gasteiger partial charge in [-0.1, -0.05) is 5.11 Å². The van der Waals surface area contributed by atoms with Crippen LogP contribution in [0.2, 0.25) is 0 Å². The summed E-state index contributed by atoms with van der Waals surface area (Å²) in [7, 11) is 0. The van der Waals surface area contributed by atoms with E-state index in [2.05, 4.69) is 14.8 Å². The van der Waals surface area contributed by atoms with Gasteiger partial charge < -0.3 is 9.84 Å². The van der Waals surface area contributed by atoms with Crippen molar-refractivity contribution in [1.82, 2.24) is 0 Å². The maximum atomic E-state index is 10.4. The van der Waals surface area contributed by atoms with Gasteiger partial charge in [0.2, 0.25) is 6.23 Å². The molecular formula is C4H7N3O3. The molecule has 0 saturated carbocycles. The van der Waals surface area contributed by atoms with Crippen LogP contribution in [0, 0.1) is 0 Å². The zero-order valence-corrected chi connectivity index (χ0v) is 5.39. The van der Waals surface area contributed by atoms with Crippen molar-refractivity contribution < 1.29 is 14.6 Å². The van der Waals surface area contributed by atoms with Crippen LogP contribution >= 0.6 is 0 Å². The van der Waals surface area contributed by atoms with E-state index >= 15 is 0 Å². The largest absolute Gasteiger partial charge is 0.464 e. The number of esters is 1. The van der Waals surface area contributed by atoms with E-state index < -0.39 is 12.2 Å². The molecule has 0 rings (SSSR count). The number of rotatable bonds is 3. The summed E-state index contributed by atoms with van der Waals surface area (Å²) < 4.78 is 4.30. The highest BCUT2D eigenvalue weighted by Gasteiger charge is 2.12. The first-order chi connectivity index (χ1) is 4.72. The van der Waals surface area contributed by atoms with Gasteiger partial charge in [0.1, 0.15) is 0 Å². The molecule has 0 spiro atoms. The van der Waals surface area contributed by atoms with Crippen LogP contribution in [0.25, 0.3) is 10.4 Å². The summed E-state index contributed by atoms with van der Waals surface area (Å²) in [6, 6.07) is 0. The molecule has 0 fully saturated rings. The van der Waals surface area contributed by atoms with Crippen molar-refractivity contribution in [3.8, 4) is 0 Å². The molecule has 0 aromatic carbocycles. The molecule has 6 heteroatoms. The van der Waals surface area contributed by atoms with E-state index in [1.54, 1.807) is 6.92 Å². The molecule has 0 aliphatic rings. The molecule has 0 bridgehead atoms. The van der Waals surface area contributed by atoms with Gasteiger partial charge in [-0.25, -0.2) is 4.79 Å². The highest BCUT2D eigenvalue weighted by Crippen LogP contribution is 1.89. The number of aliphatic hydroxyl groups is 1. The van der Waals surface area contributed by atoms with Gasteiger partial charge in [0, 0.05) is 4.91 Å². The van der Waals surface area contributed by atoms with Crippen LogP contribution in [0.15, 0.2) is 5.11 Å². The van der Waals surface area contributed by atoms with Gasteiger partial charge in [0.05, 0.1) is 6.61 Å². The van der Waals surface area contributed by atoms with Crippen LogP contribution < -0.4 is 0 Å². The molecule has 0 aliphatic carbocycles. The molecular weight excluding hydrogens is 138 g/mol. The van der Waals surface area contributed by atoms with E-state index in [9.17, 15) is 4.79 Å². The first-order valence-electron chi connectivity index (χ1n) is 2.61. The second kappa shape index (κ2) is 4.60. The summed E-state index contributed by atoms with van der Waals surface area (Å²) in [4.78, 5) is 12.6. The topological polar surface area (TPSA) is 95.3 Å². The fourth-order valence-electron chi connectivity index (χ4n) is 0.313. The minimum absolute atomic E-state index is 0.150. The summed E-state index contributed by atoms with van der Waals surface area (Å²) >= 11 is 0. The first-order valence-corrected chi connectivity index (χ1v) is 2.61. The van der Waals surface area contributed by atoms with Crippen molar-refractivity contribution in [2.45, 2.75) is 13.2 Å². The minimum Gasteiger partial charge on any atom is -0.464 e. The molecule has 0 saturated heterocycles. The second-order valence-corrected chi connectivity index (χ2v) is 1.33. The number of hydrogen-bond acceptors (Lipinski definition) is 4. The highest BCUT2D eigenvalue weighted by molar-refractivity contribution is 5.73. The number of carbonyl (C=O) groups is 1. The third kappa shape index (κ3) is 2.91. The lowest BCUT2D eigenvalue weighted by atomic mass is 10.6. The maximum absolute atomic E-state index is 10.4. The summed E-state index contributed by atoms with van der Waals surface area (Å²) in [6.45, 7) is 1.73. The Hall–Kier alpha value is -1.26. The Balaban J connectivity index is 3.81. The summed E-state index contributed by atoms with van der Waals surface area (Å²) in [5, 5.41) is 11.3. The Labute approximate surface area is 57.0 Å². The first kappa shape index (κ1) is 8.74. The van der Waals surface area contributed by atoms with Crippen LogP contribution in [0.5, 0.6) is 0 Å². The Kier molecular flexibility index (Phi) is 4.02. The average molecular weight is 145 g/mol. The lowest BCUT2D eigenvalue weighted by molar-refractivity contribution is -0.152. The third-order valence-corrected chi connectivity index (χ3v) is 0.658. The van der Waals surface area contributed by atoms with Gasteiger partial charge in [-0.3, -0.25) is 0 Å². The van der Waals surface area contributed by atoms with E-state index in [0.29, 0.717) is 0 Å². The molecule has 0 radical (unpaired) electrons. The number of hydrogen-bond donors (Lipinski definition) is 1. The highest BCUT2D eigenvalue weighted by atomic mass is 16.5. The molecule has 0 aromatic heterocycles. The quantitative estimate of drug-likeness (QED) is 0.265. The molecule has 0 aromatic rings. The third-order valence-electron chi connectivity index (χ3n) is 0.658. The Morgan fingerprint density at radius 2 is 2.60 bits per heavy atom. The lowest BCUT2D eigenvalue weighted by Gasteiger charge is -2.01. The average Bonchev–Trinajstić information content (AvgIpc) is 1.89. The molecule has 56 valence electrons. The summed E-state index contributed by atoms with van der Waals surface area (Å²) in [5.74, 6) is -0.930. The van der Waals surface area contributed by atoms with Gasteiger partial charge in [0.25, 0.3) is 0 Å². The van der Waals surface area contributed by atoms with E-state index in [4.69, 9.17) is 10.6 Å². The summed E-state index contributed by atoms with van der Waals surface area (Å²) in [6.07, 6.45) is -1.72. The second-order valence-electron chi connectivity index (χ2n) is 1.33. The Bertz CT molecular complexity index is 163. The van der Waals surface area contributed by atoms with Crippen molar-refractivity contribution in [2.24, 2.45) is 5.11 Å². The van der Waals surface area contributed by atoms with E-state index in [0.717, 1.165) is 0 Å². The zero-order valence-electron chi connectivity index (χ0n) is 5.39. The molecule has 0 heterocycles. The van der Waals surface area contributed by atoms with Crippen molar-refractivity contribution in [1.29, 1.82) is 0 Å². The van der Waals surface area contributed by atoms with Crippen LogP contribution in [0.3, 0.4) is 0 Å². The standard InChI is InChI=1S/C4H7N3O3/c1-2-10-4(9)3(8)6-7-5/h3,8H,2H2,1H3. The monoisotopic (exact) mass is 145 g/mol. The Morgan fingerprint density at radius 1 is 2.00 bits per heavy atom. The molecule has 1 N–H and O–H groups in total. The Morgan fingerprint density at radius 3 is 3.00 bits per heavy atom. The molecule has 6 nitrogen and oxygen atoms in total. The minimum atomic E-state index is -1.72. The van der Waals surface area contributed by atoms with Gasteiger partial charge in [-0.05, 0) is 12.5 Å². The van der Waals surface area contributed by atoms with Gasteiger partial charge in [-0.15, -0.1) is 0 Å². The molecule has 0 amide bonds. The predicted molar refractivity (Wildman–Crippen MR) is 31.8 cm³/mol. The van der Waals surface area contributed by atoms with E-state index in [1.165, 1.54) is 0 Å². The fraction of sp³-hybridized carbons (Fsp3) is 0.750. The van der Waals surface area contributed by atoms with Crippen LogP contribution in [-0.2, 0) is 9.53 Å². The van der Waals surface area contributed by atoms with Gasteiger partial charge in [0.15, 0.2) is 0 Å². The summed E-state index contributed by atoms with van der Waals surface area (Å²) in [5.41, 5.74) is 7.74. The van der Waals surface area contributed by atoms with Crippen molar-refractivity contribution in [3.05, 3.63) is 10.4 Å². The lowest BCUT2D eigenvalue weighted by Crippen LogP contribution is -2.19. The zero-order chi connectivity index (χ0) is 7.98. The van der Waals surface area contributed by atoms with Gasteiger partial charge in [-0.2, -0.15) is 0 Å². The van der Waals surface area contributed by atoms with Crippen LogP contribution in [0.1, 0.15) is 6.92 Å². The smallest absolute Gasteiger partial charge is 0.341 e. The van der Waals surface area contributed by atoms with Crippen LogP contribution in [0.4, 0.5) is 0 Å². The number of nitrogens with zero attached hydrogens (tertiary/aromatic N) is 3. The predicted octanol–water partition coefficient (Wildman–Crippen LogP) is 0.178. The SMILES string of the molecule is CCOC(=O)C(O)N=[N+]=[N-]. The van der Waals surface area contributed by atoms with E-state index in [-0.39, 0.29) is 6.61 Å².